The second kappa shape index (κ2) is 4.41. The predicted octanol–water partition coefficient (Wildman–Crippen LogP) is 2.65. The fourth-order valence-electron chi connectivity index (χ4n) is 4.29. The van der Waals surface area contributed by atoms with Crippen LogP contribution in [0, 0.1) is 23.7 Å². The topological polar surface area (TPSA) is 63.4 Å². The number of rotatable bonds is 2. The summed E-state index contributed by atoms with van der Waals surface area (Å²) in [4.78, 5) is 30.7. The van der Waals surface area contributed by atoms with E-state index in [9.17, 15) is 9.59 Å². The van der Waals surface area contributed by atoms with Gasteiger partial charge in [-0.1, -0.05) is 12.2 Å². The van der Waals surface area contributed by atoms with E-state index in [2.05, 4.69) is 17.1 Å². The lowest BCUT2D eigenvalue weighted by Crippen LogP contribution is -2.32. The first-order valence-electron chi connectivity index (χ1n) is 7.79. The van der Waals surface area contributed by atoms with Crippen LogP contribution in [0.2, 0.25) is 0 Å². The number of hydrogen-bond acceptors (Lipinski definition) is 4. The van der Waals surface area contributed by atoms with Gasteiger partial charge in [0.05, 0.1) is 23.7 Å². The zero-order valence-corrected chi connectivity index (χ0v) is 12.3. The maximum atomic E-state index is 12.7. The van der Waals surface area contributed by atoms with E-state index < -0.39 is 0 Å². The van der Waals surface area contributed by atoms with Gasteiger partial charge in [-0.05, 0) is 42.5 Å². The van der Waals surface area contributed by atoms with Crippen LogP contribution in [0.25, 0.3) is 11.3 Å². The average Bonchev–Trinajstić information content (AvgIpc) is 3.33. The Hall–Kier alpha value is -2.69. The molecule has 1 aromatic carbocycles. The van der Waals surface area contributed by atoms with Crippen LogP contribution in [0.4, 0.5) is 5.69 Å². The minimum Gasteiger partial charge on any atom is -0.444 e. The van der Waals surface area contributed by atoms with Crippen molar-refractivity contribution in [2.45, 2.75) is 6.42 Å². The van der Waals surface area contributed by atoms with Crippen LogP contribution < -0.4 is 4.90 Å². The van der Waals surface area contributed by atoms with Crippen molar-refractivity contribution in [3.63, 3.8) is 0 Å². The number of oxazole rings is 1. The third kappa shape index (κ3) is 1.64. The summed E-state index contributed by atoms with van der Waals surface area (Å²) in [6.45, 7) is 0. The Labute approximate surface area is 132 Å². The quantitative estimate of drug-likeness (QED) is 0.632. The average molecular weight is 306 g/mol. The molecule has 0 spiro atoms. The number of carbonyl (C=O) groups is 2. The first-order chi connectivity index (χ1) is 11.2. The largest absolute Gasteiger partial charge is 0.444 e. The van der Waals surface area contributed by atoms with Gasteiger partial charge in [0.25, 0.3) is 0 Å². The molecule has 5 heteroatoms. The Morgan fingerprint density at radius 1 is 1.00 bits per heavy atom. The molecule has 1 aromatic heterocycles. The predicted molar refractivity (Wildman–Crippen MR) is 82.1 cm³/mol. The molecule has 2 amide bonds. The van der Waals surface area contributed by atoms with Crippen molar-refractivity contribution < 1.29 is 14.0 Å². The van der Waals surface area contributed by atoms with Gasteiger partial charge in [-0.2, -0.15) is 0 Å². The maximum absolute atomic E-state index is 12.7. The van der Waals surface area contributed by atoms with Crippen LogP contribution >= 0.6 is 0 Å². The normalized spacial score (nSPS) is 31.2. The molecule has 114 valence electrons. The molecule has 2 fully saturated rings. The molecule has 3 aliphatic rings. The van der Waals surface area contributed by atoms with Crippen molar-refractivity contribution >= 4 is 17.5 Å². The smallest absolute Gasteiger partial charge is 0.238 e. The van der Waals surface area contributed by atoms with Gasteiger partial charge < -0.3 is 4.42 Å². The Kier molecular flexibility index (Phi) is 2.46. The molecule has 5 rings (SSSR count). The summed E-state index contributed by atoms with van der Waals surface area (Å²) in [7, 11) is 0. The highest BCUT2D eigenvalue weighted by molar-refractivity contribution is 6.22. The minimum atomic E-state index is -0.161. The Balaban J connectivity index is 1.49. The van der Waals surface area contributed by atoms with Gasteiger partial charge in [0.15, 0.2) is 12.2 Å². The van der Waals surface area contributed by atoms with E-state index in [0.29, 0.717) is 11.4 Å². The zero-order valence-electron chi connectivity index (χ0n) is 12.3. The molecular formula is C18H14N2O3. The van der Waals surface area contributed by atoms with Crippen molar-refractivity contribution in [2.75, 3.05) is 4.90 Å². The molecule has 2 aromatic rings. The van der Waals surface area contributed by atoms with Gasteiger partial charge in [0.1, 0.15) is 0 Å². The fourth-order valence-corrected chi connectivity index (χ4v) is 4.29. The standard InChI is InChI=1S/C18H14N2O3/c21-17-15-11-1-2-12(7-11)16(15)18(22)20(17)13-5-3-10(4-6-13)14-8-19-9-23-14/h1-6,8-9,11-12,15-16H,7H2/t11-,12+,15-,16-/m0/s1. The fraction of sp³-hybridized carbons (Fsp3) is 0.278. The molecule has 1 saturated carbocycles. The number of anilines is 1. The Morgan fingerprint density at radius 2 is 1.65 bits per heavy atom. The summed E-state index contributed by atoms with van der Waals surface area (Å²) in [6.07, 6.45) is 8.17. The first kappa shape index (κ1) is 12.8. The second-order valence-electron chi connectivity index (χ2n) is 6.42. The number of aromatic nitrogens is 1. The van der Waals surface area contributed by atoms with Crippen LogP contribution in [0.5, 0.6) is 0 Å². The molecule has 1 saturated heterocycles. The molecule has 2 heterocycles. The molecule has 0 N–H and O–H groups in total. The number of hydrogen-bond donors (Lipinski definition) is 0. The van der Waals surface area contributed by atoms with E-state index in [-0.39, 0.29) is 35.5 Å². The lowest BCUT2D eigenvalue weighted by Gasteiger charge is -2.17. The monoisotopic (exact) mass is 306 g/mol. The number of carbonyl (C=O) groups excluding carboxylic acids is 2. The third-order valence-corrected chi connectivity index (χ3v) is 5.31. The van der Waals surface area contributed by atoms with Crippen LogP contribution in [0.15, 0.2) is 53.4 Å². The molecule has 2 aliphatic carbocycles. The van der Waals surface area contributed by atoms with Crippen molar-refractivity contribution in [3.8, 4) is 11.3 Å². The SMILES string of the molecule is O=C1[C@@H]2[C@@H](C(=O)N1c1ccc(-c3cnco3)cc1)[C@H]1C=C[C@@H]2C1. The number of imide groups is 1. The molecule has 0 unspecified atom stereocenters. The van der Waals surface area contributed by atoms with E-state index in [1.807, 2.05) is 12.1 Å². The minimum absolute atomic E-state index is 0.0516. The lowest BCUT2D eigenvalue weighted by molar-refractivity contribution is -0.123. The highest BCUT2D eigenvalue weighted by Gasteiger charge is 2.59. The Morgan fingerprint density at radius 3 is 2.22 bits per heavy atom. The van der Waals surface area contributed by atoms with E-state index in [4.69, 9.17) is 4.42 Å². The van der Waals surface area contributed by atoms with E-state index in [1.165, 1.54) is 11.3 Å². The summed E-state index contributed by atoms with van der Waals surface area (Å²) >= 11 is 0. The van der Waals surface area contributed by atoms with Crippen molar-refractivity contribution in [2.24, 2.45) is 23.7 Å². The van der Waals surface area contributed by atoms with Crippen LogP contribution in [-0.4, -0.2) is 16.8 Å². The molecule has 1 aliphatic heterocycles. The third-order valence-electron chi connectivity index (χ3n) is 5.31. The van der Waals surface area contributed by atoms with E-state index in [0.717, 1.165) is 12.0 Å². The summed E-state index contributed by atoms with van der Waals surface area (Å²) < 4.78 is 5.26. The van der Waals surface area contributed by atoms with Gasteiger partial charge in [-0.15, -0.1) is 0 Å². The Bertz CT molecular complexity index is 792. The number of nitrogens with zero attached hydrogens (tertiary/aromatic N) is 2. The lowest BCUT2D eigenvalue weighted by atomic mass is 9.85. The van der Waals surface area contributed by atoms with Crippen LogP contribution in [0.3, 0.4) is 0 Å². The highest BCUT2D eigenvalue weighted by atomic mass is 16.3. The summed E-state index contributed by atoms with van der Waals surface area (Å²) in [5, 5.41) is 0. The number of benzene rings is 1. The molecule has 4 atom stereocenters. The molecule has 0 radical (unpaired) electrons. The van der Waals surface area contributed by atoms with E-state index in [1.54, 1.807) is 18.3 Å². The van der Waals surface area contributed by atoms with Crippen molar-refractivity contribution in [1.29, 1.82) is 0 Å². The van der Waals surface area contributed by atoms with E-state index >= 15 is 0 Å². The summed E-state index contributed by atoms with van der Waals surface area (Å²) in [5.74, 6) is 0.709. The maximum Gasteiger partial charge on any atom is 0.238 e. The number of amides is 2. The van der Waals surface area contributed by atoms with Crippen LogP contribution in [0.1, 0.15) is 6.42 Å². The van der Waals surface area contributed by atoms with Crippen molar-refractivity contribution in [3.05, 3.63) is 49.0 Å². The van der Waals surface area contributed by atoms with Gasteiger partial charge in [0.2, 0.25) is 11.8 Å². The summed E-state index contributed by atoms with van der Waals surface area (Å²) in [6, 6.07) is 7.28. The zero-order chi connectivity index (χ0) is 15.6. The summed E-state index contributed by atoms with van der Waals surface area (Å²) in [5.41, 5.74) is 1.50. The van der Waals surface area contributed by atoms with Crippen molar-refractivity contribution in [1.82, 2.24) is 4.98 Å². The highest BCUT2D eigenvalue weighted by Crippen LogP contribution is 2.53. The number of fused-ring (bicyclic) bond motifs is 5. The second-order valence-corrected chi connectivity index (χ2v) is 6.42. The van der Waals surface area contributed by atoms with Gasteiger partial charge in [0, 0.05) is 5.56 Å². The van der Waals surface area contributed by atoms with Gasteiger partial charge in [-0.25, -0.2) is 4.98 Å². The first-order valence-corrected chi connectivity index (χ1v) is 7.79. The molecule has 2 bridgehead atoms. The van der Waals surface area contributed by atoms with Gasteiger partial charge >= 0.3 is 0 Å². The van der Waals surface area contributed by atoms with Crippen LogP contribution in [-0.2, 0) is 9.59 Å². The molecule has 5 nitrogen and oxygen atoms in total. The molecular weight excluding hydrogens is 292 g/mol. The molecule has 23 heavy (non-hydrogen) atoms. The number of allylic oxidation sites excluding steroid dienone is 2. The van der Waals surface area contributed by atoms with Gasteiger partial charge in [-0.3, -0.25) is 14.5 Å².